The number of alkyl halides is 3. The van der Waals surface area contributed by atoms with Gasteiger partial charge in [-0.3, -0.25) is 0 Å². The van der Waals surface area contributed by atoms with Crippen molar-refractivity contribution >= 4 is 0 Å². The third kappa shape index (κ3) is 1.76. The van der Waals surface area contributed by atoms with Gasteiger partial charge in [-0.05, 0) is 6.92 Å². The number of hydrogen-bond donors (Lipinski definition) is 1. The minimum absolute atomic E-state index is 0.109. The van der Waals surface area contributed by atoms with Crippen LogP contribution in [0.4, 0.5) is 13.2 Å². The van der Waals surface area contributed by atoms with Crippen molar-refractivity contribution in [3.63, 3.8) is 0 Å². The van der Waals surface area contributed by atoms with Gasteiger partial charge in [-0.2, -0.15) is 13.2 Å². The van der Waals surface area contributed by atoms with Crippen LogP contribution in [0.5, 0.6) is 0 Å². The van der Waals surface area contributed by atoms with E-state index in [9.17, 15) is 13.2 Å². The van der Waals surface area contributed by atoms with Crippen LogP contribution in [0.15, 0.2) is 10.6 Å². The smallest absolute Gasteiger partial charge is 0.434 e. The van der Waals surface area contributed by atoms with Crippen molar-refractivity contribution in [2.45, 2.75) is 19.1 Å². The topological polar surface area (TPSA) is 52.0 Å². The Labute approximate surface area is 66.4 Å². The molecule has 0 aliphatic heterocycles. The fourth-order valence-electron chi connectivity index (χ4n) is 0.629. The van der Waals surface area contributed by atoms with Gasteiger partial charge in [0.25, 0.3) is 0 Å². The molecule has 68 valence electrons. The van der Waals surface area contributed by atoms with Crippen molar-refractivity contribution in [2.24, 2.45) is 5.73 Å². The molecule has 0 bridgehead atoms. The van der Waals surface area contributed by atoms with Crippen molar-refractivity contribution in [2.75, 3.05) is 0 Å². The second-order valence-corrected chi connectivity index (χ2v) is 2.35. The van der Waals surface area contributed by atoms with Crippen LogP contribution >= 0.6 is 0 Å². The van der Waals surface area contributed by atoms with Gasteiger partial charge in [-0.25, -0.2) is 4.98 Å². The van der Waals surface area contributed by atoms with E-state index in [4.69, 9.17) is 5.73 Å². The van der Waals surface area contributed by atoms with Crippen molar-refractivity contribution in [3.8, 4) is 0 Å². The molecule has 0 aliphatic carbocycles. The number of nitrogens with zero attached hydrogens (tertiary/aromatic N) is 1. The van der Waals surface area contributed by atoms with Crippen LogP contribution in [0.3, 0.4) is 0 Å². The summed E-state index contributed by atoms with van der Waals surface area (Å²) in [5.74, 6) is -1.22. The van der Waals surface area contributed by atoms with E-state index in [1.807, 2.05) is 0 Å². The molecule has 0 saturated heterocycles. The Morgan fingerprint density at radius 3 is 2.42 bits per heavy atom. The molecule has 1 atom stereocenters. The molecule has 1 aromatic heterocycles. The van der Waals surface area contributed by atoms with Gasteiger partial charge in [0, 0.05) is 0 Å². The second-order valence-electron chi connectivity index (χ2n) is 2.35. The van der Waals surface area contributed by atoms with Gasteiger partial charge in [-0.15, -0.1) is 0 Å². The van der Waals surface area contributed by atoms with Crippen LogP contribution in [-0.2, 0) is 6.18 Å². The largest absolute Gasteiger partial charge is 0.451 e. The van der Waals surface area contributed by atoms with Gasteiger partial charge in [0.05, 0.1) is 12.2 Å². The van der Waals surface area contributed by atoms with E-state index in [0.29, 0.717) is 6.20 Å². The Morgan fingerprint density at radius 2 is 2.17 bits per heavy atom. The molecule has 3 nitrogen and oxygen atoms in total. The number of hydrogen-bond acceptors (Lipinski definition) is 3. The van der Waals surface area contributed by atoms with Gasteiger partial charge in [-0.1, -0.05) is 0 Å². The first kappa shape index (κ1) is 9.05. The second kappa shape index (κ2) is 2.78. The summed E-state index contributed by atoms with van der Waals surface area (Å²) in [6.45, 7) is 1.49. The van der Waals surface area contributed by atoms with Crippen LogP contribution in [0.1, 0.15) is 24.6 Å². The molecule has 0 fully saturated rings. The summed E-state index contributed by atoms with van der Waals surface area (Å²) in [4.78, 5) is 3.37. The van der Waals surface area contributed by atoms with E-state index in [1.165, 1.54) is 6.92 Å². The fourth-order valence-corrected chi connectivity index (χ4v) is 0.629. The molecular weight excluding hydrogens is 173 g/mol. The lowest BCUT2D eigenvalue weighted by atomic mass is 10.4. The molecule has 2 N–H and O–H groups in total. The minimum atomic E-state index is -4.49. The molecule has 6 heteroatoms. The lowest BCUT2D eigenvalue weighted by Gasteiger charge is -2.00. The molecule has 1 aromatic rings. The molecule has 0 aliphatic rings. The first-order valence-corrected chi connectivity index (χ1v) is 3.20. The van der Waals surface area contributed by atoms with E-state index >= 15 is 0 Å². The Kier molecular flexibility index (Phi) is 2.10. The first-order valence-electron chi connectivity index (χ1n) is 3.20. The van der Waals surface area contributed by atoms with Crippen LogP contribution < -0.4 is 5.73 Å². The van der Waals surface area contributed by atoms with Crippen molar-refractivity contribution in [1.29, 1.82) is 0 Å². The van der Waals surface area contributed by atoms with Crippen LogP contribution in [0.25, 0.3) is 0 Å². The van der Waals surface area contributed by atoms with Crippen molar-refractivity contribution < 1.29 is 17.6 Å². The van der Waals surface area contributed by atoms with E-state index in [2.05, 4.69) is 9.40 Å². The molecule has 0 amide bonds. The standard InChI is InChI=1S/C6H7F3N2O/c1-3(10)5-11-2-4(12-5)6(7,8)9/h2-3H,10H2,1H3. The molecule has 0 radical (unpaired) electrons. The number of aromatic nitrogens is 1. The Morgan fingerprint density at radius 1 is 1.58 bits per heavy atom. The highest BCUT2D eigenvalue weighted by Crippen LogP contribution is 2.30. The van der Waals surface area contributed by atoms with Gasteiger partial charge >= 0.3 is 6.18 Å². The molecule has 0 spiro atoms. The van der Waals surface area contributed by atoms with E-state index in [-0.39, 0.29) is 5.89 Å². The third-order valence-electron chi connectivity index (χ3n) is 1.19. The zero-order chi connectivity index (χ0) is 9.35. The van der Waals surface area contributed by atoms with Gasteiger partial charge in [0.15, 0.2) is 0 Å². The van der Waals surface area contributed by atoms with E-state index < -0.39 is 18.0 Å². The van der Waals surface area contributed by atoms with E-state index in [1.54, 1.807) is 0 Å². The quantitative estimate of drug-likeness (QED) is 0.715. The number of oxazole rings is 1. The van der Waals surface area contributed by atoms with E-state index in [0.717, 1.165) is 0 Å². The molecule has 1 unspecified atom stereocenters. The summed E-state index contributed by atoms with van der Waals surface area (Å²) in [5.41, 5.74) is 5.25. The summed E-state index contributed by atoms with van der Waals surface area (Å²) in [5, 5.41) is 0. The Hall–Kier alpha value is -1.04. The van der Waals surface area contributed by atoms with Crippen LogP contribution in [-0.4, -0.2) is 4.98 Å². The highest BCUT2D eigenvalue weighted by atomic mass is 19.4. The summed E-state index contributed by atoms with van der Waals surface area (Å²) in [6.07, 6.45) is -3.86. The molecule has 1 rings (SSSR count). The van der Waals surface area contributed by atoms with Crippen molar-refractivity contribution in [1.82, 2.24) is 4.98 Å². The first-order chi connectivity index (χ1) is 5.41. The van der Waals surface area contributed by atoms with Gasteiger partial charge < -0.3 is 10.2 Å². The monoisotopic (exact) mass is 180 g/mol. The summed E-state index contributed by atoms with van der Waals surface area (Å²) in [7, 11) is 0. The Balaban J connectivity index is 2.92. The molecular formula is C6H7F3N2O. The number of halogens is 3. The zero-order valence-corrected chi connectivity index (χ0v) is 6.22. The fraction of sp³-hybridized carbons (Fsp3) is 0.500. The molecule has 1 heterocycles. The molecule has 0 saturated carbocycles. The summed E-state index contributed by atoms with van der Waals surface area (Å²) in [6, 6.07) is -0.624. The maximum absolute atomic E-state index is 11.9. The van der Waals surface area contributed by atoms with Gasteiger partial charge in [0.2, 0.25) is 11.7 Å². The lowest BCUT2D eigenvalue weighted by molar-refractivity contribution is -0.153. The maximum Gasteiger partial charge on any atom is 0.451 e. The average Bonchev–Trinajstić information content (AvgIpc) is 2.30. The van der Waals surface area contributed by atoms with Crippen LogP contribution in [0.2, 0.25) is 0 Å². The average molecular weight is 180 g/mol. The predicted molar refractivity (Wildman–Crippen MR) is 34.1 cm³/mol. The van der Waals surface area contributed by atoms with Crippen LogP contribution in [0, 0.1) is 0 Å². The highest BCUT2D eigenvalue weighted by molar-refractivity contribution is 5.00. The highest BCUT2D eigenvalue weighted by Gasteiger charge is 2.35. The predicted octanol–water partition coefficient (Wildman–Crippen LogP) is 1.71. The third-order valence-corrected chi connectivity index (χ3v) is 1.19. The summed E-state index contributed by atoms with van der Waals surface area (Å²) >= 11 is 0. The minimum Gasteiger partial charge on any atom is -0.434 e. The summed E-state index contributed by atoms with van der Waals surface area (Å²) < 4.78 is 40.0. The van der Waals surface area contributed by atoms with Gasteiger partial charge in [0.1, 0.15) is 0 Å². The lowest BCUT2D eigenvalue weighted by Crippen LogP contribution is -2.05. The number of rotatable bonds is 1. The van der Waals surface area contributed by atoms with Crippen molar-refractivity contribution in [3.05, 3.63) is 17.8 Å². The molecule has 12 heavy (non-hydrogen) atoms. The molecule has 0 aromatic carbocycles. The Bertz CT molecular complexity index is 266. The number of nitrogens with two attached hydrogens (primary N) is 1. The normalized spacial score (nSPS) is 14.8. The zero-order valence-electron chi connectivity index (χ0n) is 6.22. The maximum atomic E-state index is 11.9. The SMILES string of the molecule is CC(N)c1ncc(C(F)(F)F)o1.